The highest BCUT2D eigenvalue weighted by atomic mass is 28.4. The average Bonchev–Trinajstić information content (AvgIpc) is 3.67. The van der Waals surface area contributed by atoms with E-state index >= 15 is 4.11 Å². The minimum Gasteiger partial charge on any atom is -0.494 e. The molecule has 6 atom stereocenters. The van der Waals surface area contributed by atoms with Crippen molar-refractivity contribution in [1.82, 2.24) is 10.2 Å². The van der Waals surface area contributed by atoms with Gasteiger partial charge in [0.25, 0.3) is 0 Å². The lowest BCUT2D eigenvalue weighted by molar-refractivity contribution is -0.135. The van der Waals surface area contributed by atoms with Crippen LogP contribution in [0.3, 0.4) is 0 Å². The van der Waals surface area contributed by atoms with Crippen LogP contribution in [0.1, 0.15) is 63.5 Å². The Hall–Kier alpha value is -2.83. The molecule has 0 radical (unpaired) electrons. The van der Waals surface area contributed by atoms with Gasteiger partial charge in [0.2, 0.25) is 20.2 Å². The Morgan fingerprint density at radius 2 is 1.90 bits per heavy atom. The third kappa shape index (κ3) is 8.30. The van der Waals surface area contributed by atoms with E-state index in [-0.39, 0.29) is 61.1 Å². The van der Waals surface area contributed by atoms with Gasteiger partial charge in [0.05, 0.1) is 49.6 Å². The van der Waals surface area contributed by atoms with E-state index in [0.717, 1.165) is 53.9 Å². The maximum atomic E-state index is 15.7. The molecule has 9 nitrogen and oxygen atoms in total. The van der Waals surface area contributed by atoms with Crippen LogP contribution >= 0.6 is 0 Å². The quantitative estimate of drug-likeness (QED) is 0.133. The number of carbonyl (C=O) groups excluding carboxylic acids is 2. The number of fused-ring (bicyclic) bond motifs is 1. The molecule has 11 heteroatoms. The van der Waals surface area contributed by atoms with Crippen LogP contribution in [0.25, 0.3) is 0 Å². The molecule has 2 amide bonds. The second-order valence-corrected chi connectivity index (χ2v) is 18.0. The third-order valence-electron chi connectivity index (χ3n) is 10.4. The van der Waals surface area contributed by atoms with Gasteiger partial charge in [-0.2, -0.15) is 0 Å². The van der Waals surface area contributed by atoms with Crippen LogP contribution in [-0.4, -0.2) is 92.5 Å². The number of carbonyl (C=O) groups is 2. The van der Waals surface area contributed by atoms with Gasteiger partial charge in [-0.3, -0.25) is 14.5 Å². The van der Waals surface area contributed by atoms with Gasteiger partial charge in [-0.05, 0) is 119 Å². The van der Waals surface area contributed by atoms with E-state index < -0.39 is 14.5 Å². The van der Waals surface area contributed by atoms with Crippen LogP contribution in [0.5, 0.6) is 5.75 Å². The summed E-state index contributed by atoms with van der Waals surface area (Å²) in [4.78, 5) is 30.6. The van der Waals surface area contributed by atoms with Crippen molar-refractivity contribution in [2.45, 2.75) is 108 Å². The first kappa shape index (κ1) is 36.4. The predicted molar refractivity (Wildman–Crippen MR) is 188 cm³/mol. The number of ether oxygens (including phenoxy) is 2. The standard InChI is InChI=1S/C37H54FN3O6Si/c1-5-46-30-15-16-32-27(21-30)22-31(39-18-6-7-20-42)37(45)41(32)28-13-10-26(11-14-28)12-17-33-25(2)36(48(3,4)38)34(47-33)23-35(44)40-19-8-9-29(40)24-43/h10-11,13-16,21,25,29,31,33-34,36,39,42-43H,5-9,12,17-20,22-24H2,1-4H3/t25-,29+,31?,33+,34-,36+/m1/s1. The van der Waals surface area contributed by atoms with E-state index in [4.69, 9.17) is 9.47 Å². The molecular formula is C37H54FN3O6Si. The smallest absolute Gasteiger partial charge is 0.249 e. The fourth-order valence-electron chi connectivity index (χ4n) is 8.06. The molecule has 0 spiro atoms. The molecule has 5 rings (SSSR count). The maximum absolute atomic E-state index is 15.7. The summed E-state index contributed by atoms with van der Waals surface area (Å²) in [5.41, 5.74) is 3.49. The topological polar surface area (TPSA) is 112 Å². The number of halogens is 1. The van der Waals surface area contributed by atoms with E-state index in [2.05, 4.69) is 12.2 Å². The van der Waals surface area contributed by atoms with Gasteiger partial charge in [-0.15, -0.1) is 0 Å². The Kier molecular flexibility index (Phi) is 12.3. The SMILES string of the molecule is CCOc1ccc2c(c1)CC(NCCCCO)C(=O)N2c1ccc(CC[C@@H]2O[C@H](CC(=O)N3CCC[C@H]3CO)[C@@H]([Si](C)(C)F)[C@@H]2C)cc1. The summed E-state index contributed by atoms with van der Waals surface area (Å²) in [6, 6.07) is 13.4. The first-order chi connectivity index (χ1) is 23.0. The monoisotopic (exact) mass is 683 g/mol. The molecule has 0 bridgehead atoms. The number of hydrogen-bond donors (Lipinski definition) is 3. The molecule has 1 unspecified atom stereocenters. The van der Waals surface area contributed by atoms with E-state index in [1.54, 1.807) is 22.9 Å². The van der Waals surface area contributed by atoms with Gasteiger partial charge in [0.1, 0.15) is 5.75 Å². The van der Waals surface area contributed by atoms with Crippen LogP contribution in [-0.2, 0) is 27.2 Å². The van der Waals surface area contributed by atoms with Gasteiger partial charge in [0, 0.05) is 24.4 Å². The van der Waals surface area contributed by atoms with Crippen molar-refractivity contribution in [2.75, 3.05) is 37.8 Å². The van der Waals surface area contributed by atoms with Gasteiger partial charge in [-0.1, -0.05) is 19.1 Å². The van der Waals surface area contributed by atoms with E-state index in [1.807, 2.05) is 49.4 Å². The summed E-state index contributed by atoms with van der Waals surface area (Å²) in [6.07, 6.45) is 4.70. The Morgan fingerprint density at radius 3 is 2.58 bits per heavy atom. The molecule has 264 valence electrons. The normalized spacial score (nSPS) is 25.9. The lowest BCUT2D eigenvalue weighted by atomic mass is 9.94. The molecule has 2 saturated heterocycles. The number of nitrogens with zero attached hydrogens (tertiary/aromatic N) is 2. The summed E-state index contributed by atoms with van der Waals surface area (Å²) >= 11 is 0. The Morgan fingerprint density at radius 1 is 1.12 bits per heavy atom. The second-order valence-electron chi connectivity index (χ2n) is 14.2. The summed E-state index contributed by atoms with van der Waals surface area (Å²) in [5.74, 6) is 0.711. The summed E-state index contributed by atoms with van der Waals surface area (Å²) in [6.45, 7) is 9.38. The number of unbranched alkanes of at least 4 members (excludes halogenated alkanes) is 1. The van der Waals surface area contributed by atoms with Crippen LogP contribution in [0, 0.1) is 5.92 Å². The van der Waals surface area contributed by atoms with Crippen molar-refractivity contribution in [3.05, 3.63) is 53.6 Å². The number of aliphatic hydroxyl groups is 2. The van der Waals surface area contributed by atoms with Crippen LogP contribution in [0.4, 0.5) is 15.5 Å². The van der Waals surface area contributed by atoms with Crippen molar-refractivity contribution >= 4 is 31.6 Å². The van der Waals surface area contributed by atoms with Crippen LogP contribution in [0.15, 0.2) is 42.5 Å². The van der Waals surface area contributed by atoms with E-state index in [9.17, 15) is 19.8 Å². The minimum absolute atomic E-state index is 0.00757. The molecule has 3 aliphatic rings. The summed E-state index contributed by atoms with van der Waals surface area (Å²) in [5, 5.41) is 22.3. The molecule has 2 fully saturated rings. The number of aryl methyl sites for hydroxylation is 1. The molecular weight excluding hydrogens is 630 g/mol. The fraction of sp³-hybridized carbons (Fsp3) is 0.622. The van der Waals surface area contributed by atoms with E-state index in [0.29, 0.717) is 39.0 Å². The first-order valence-corrected chi connectivity index (χ1v) is 20.8. The number of aliphatic hydroxyl groups excluding tert-OH is 2. The number of likely N-dealkylation sites (tertiary alicyclic amines) is 1. The molecule has 0 aromatic heterocycles. The number of anilines is 2. The number of nitrogens with one attached hydrogen (secondary N) is 1. The minimum atomic E-state index is -3.13. The molecule has 3 N–H and O–H groups in total. The molecule has 2 aromatic rings. The largest absolute Gasteiger partial charge is 0.494 e. The summed E-state index contributed by atoms with van der Waals surface area (Å²) < 4.78 is 27.9. The molecule has 48 heavy (non-hydrogen) atoms. The Labute approximate surface area is 286 Å². The summed E-state index contributed by atoms with van der Waals surface area (Å²) in [7, 11) is -3.13. The van der Waals surface area contributed by atoms with Crippen molar-refractivity contribution in [2.24, 2.45) is 5.92 Å². The fourth-order valence-corrected chi connectivity index (χ4v) is 10.6. The van der Waals surface area contributed by atoms with Crippen molar-refractivity contribution in [3.8, 4) is 5.75 Å². The average molecular weight is 684 g/mol. The molecule has 3 heterocycles. The lowest BCUT2D eigenvalue weighted by Crippen LogP contribution is -2.49. The zero-order chi connectivity index (χ0) is 34.4. The number of amides is 2. The predicted octanol–water partition coefficient (Wildman–Crippen LogP) is 5.29. The lowest BCUT2D eigenvalue weighted by Gasteiger charge is -2.35. The second kappa shape index (κ2) is 16.2. The van der Waals surface area contributed by atoms with Gasteiger partial charge in [-0.25, -0.2) is 0 Å². The highest BCUT2D eigenvalue weighted by Gasteiger charge is 2.52. The number of rotatable bonds is 15. The van der Waals surface area contributed by atoms with Gasteiger partial charge >= 0.3 is 0 Å². The van der Waals surface area contributed by atoms with Crippen molar-refractivity contribution in [1.29, 1.82) is 0 Å². The number of benzene rings is 2. The van der Waals surface area contributed by atoms with Crippen LogP contribution < -0.4 is 15.0 Å². The highest BCUT2D eigenvalue weighted by Crippen LogP contribution is 2.47. The zero-order valence-corrected chi connectivity index (χ0v) is 30.0. The van der Waals surface area contributed by atoms with Crippen LogP contribution in [0.2, 0.25) is 18.6 Å². The van der Waals surface area contributed by atoms with Gasteiger partial charge in [0.15, 0.2) is 0 Å². The van der Waals surface area contributed by atoms with Crippen molar-refractivity contribution in [3.63, 3.8) is 0 Å². The highest BCUT2D eigenvalue weighted by molar-refractivity contribution is 6.72. The zero-order valence-electron chi connectivity index (χ0n) is 29.0. The molecule has 0 aliphatic carbocycles. The molecule has 2 aromatic carbocycles. The Bertz CT molecular complexity index is 1390. The van der Waals surface area contributed by atoms with Crippen molar-refractivity contribution < 1.29 is 33.4 Å². The first-order valence-electron chi connectivity index (χ1n) is 17.8. The molecule has 3 aliphatic heterocycles. The Balaban J connectivity index is 1.27. The van der Waals surface area contributed by atoms with Gasteiger partial charge < -0.3 is 34.0 Å². The molecule has 0 saturated carbocycles. The number of hydrogen-bond acceptors (Lipinski definition) is 7. The van der Waals surface area contributed by atoms with E-state index in [1.165, 1.54) is 0 Å². The maximum Gasteiger partial charge on any atom is 0.249 e. The third-order valence-corrected chi connectivity index (χ3v) is 12.9.